The van der Waals surface area contributed by atoms with Gasteiger partial charge in [-0.15, -0.1) is 0 Å². The monoisotopic (exact) mass is 211 g/mol. The summed E-state index contributed by atoms with van der Waals surface area (Å²) in [6, 6.07) is 5.49. The van der Waals surface area contributed by atoms with Crippen LogP contribution in [0.15, 0.2) is 24.3 Å². The second kappa shape index (κ2) is 4.29. The van der Waals surface area contributed by atoms with Crippen molar-refractivity contribution in [2.45, 2.75) is 32.9 Å². The summed E-state index contributed by atoms with van der Waals surface area (Å²) in [6.45, 7) is 5.70. The van der Waals surface area contributed by atoms with Crippen LogP contribution in [0.4, 0.5) is 4.39 Å². The van der Waals surface area contributed by atoms with E-state index in [4.69, 9.17) is 5.73 Å². The van der Waals surface area contributed by atoms with Crippen molar-refractivity contribution in [2.75, 3.05) is 0 Å². The summed E-state index contributed by atoms with van der Waals surface area (Å²) < 4.78 is 13.0. The summed E-state index contributed by atoms with van der Waals surface area (Å²) in [5, 5.41) is 9.95. The van der Waals surface area contributed by atoms with Gasteiger partial charge in [0, 0.05) is 0 Å². The molecule has 0 bridgehead atoms. The molecule has 15 heavy (non-hydrogen) atoms. The fourth-order valence-corrected chi connectivity index (χ4v) is 1.43. The van der Waals surface area contributed by atoms with Gasteiger partial charge in [0.1, 0.15) is 5.82 Å². The highest BCUT2D eigenvalue weighted by molar-refractivity contribution is 5.21. The molecule has 0 amide bonds. The van der Waals surface area contributed by atoms with Gasteiger partial charge in [0.15, 0.2) is 0 Å². The third-order valence-corrected chi connectivity index (χ3v) is 2.46. The minimum Gasteiger partial charge on any atom is -0.391 e. The second-order valence-electron chi connectivity index (χ2n) is 4.89. The first-order chi connectivity index (χ1) is 6.82. The average molecular weight is 211 g/mol. The summed E-state index contributed by atoms with van der Waals surface area (Å²) in [7, 11) is 0. The highest BCUT2D eigenvalue weighted by Crippen LogP contribution is 2.28. The molecule has 1 aromatic carbocycles. The van der Waals surface area contributed by atoms with Crippen molar-refractivity contribution in [1.29, 1.82) is 0 Å². The lowest BCUT2D eigenvalue weighted by Gasteiger charge is -2.31. The standard InChI is InChI=1S/C12H18FNO/c1-12(2,3)11(15)10(14)8-5-4-6-9(13)7-8/h4-7,10-11,15H,14H2,1-3H3/t10-,11-/m1/s1. The molecule has 0 heterocycles. The fourth-order valence-electron chi connectivity index (χ4n) is 1.43. The molecule has 2 atom stereocenters. The molecule has 0 aliphatic heterocycles. The molecule has 3 N–H and O–H groups in total. The van der Waals surface area contributed by atoms with Crippen LogP contribution in [-0.2, 0) is 0 Å². The quantitative estimate of drug-likeness (QED) is 0.788. The molecule has 0 aliphatic carbocycles. The maximum atomic E-state index is 13.0. The maximum absolute atomic E-state index is 13.0. The van der Waals surface area contributed by atoms with E-state index in [0.717, 1.165) is 0 Å². The molecular weight excluding hydrogens is 193 g/mol. The zero-order valence-electron chi connectivity index (χ0n) is 9.37. The van der Waals surface area contributed by atoms with Crippen molar-refractivity contribution in [2.24, 2.45) is 11.1 Å². The van der Waals surface area contributed by atoms with E-state index in [0.29, 0.717) is 5.56 Å². The van der Waals surface area contributed by atoms with Crippen LogP contribution in [0, 0.1) is 11.2 Å². The SMILES string of the molecule is CC(C)(C)[C@H](O)[C@H](N)c1cccc(F)c1. The summed E-state index contributed by atoms with van der Waals surface area (Å²) >= 11 is 0. The third-order valence-electron chi connectivity index (χ3n) is 2.46. The first-order valence-corrected chi connectivity index (χ1v) is 5.01. The number of rotatable bonds is 2. The van der Waals surface area contributed by atoms with E-state index in [2.05, 4.69) is 0 Å². The van der Waals surface area contributed by atoms with Crippen LogP contribution < -0.4 is 5.73 Å². The predicted molar refractivity (Wildman–Crippen MR) is 58.8 cm³/mol. The van der Waals surface area contributed by atoms with Crippen LogP contribution in [0.5, 0.6) is 0 Å². The summed E-state index contributed by atoms with van der Waals surface area (Å²) in [6.07, 6.45) is -0.695. The van der Waals surface area contributed by atoms with Gasteiger partial charge in [0.05, 0.1) is 12.1 Å². The molecule has 84 valence electrons. The molecular formula is C12H18FNO. The average Bonchev–Trinajstić information content (AvgIpc) is 2.14. The Labute approximate surface area is 89.9 Å². The number of halogens is 1. The summed E-state index contributed by atoms with van der Waals surface area (Å²) in [5.41, 5.74) is 6.19. The molecule has 0 spiro atoms. The van der Waals surface area contributed by atoms with Crippen molar-refractivity contribution in [1.82, 2.24) is 0 Å². The Kier molecular flexibility index (Phi) is 3.47. The van der Waals surface area contributed by atoms with E-state index in [-0.39, 0.29) is 11.2 Å². The first-order valence-electron chi connectivity index (χ1n) is 5.01. The Bertz CT molecular complexity index is 333. The number of aliphatic hydroxyl groups is 1. The lowest BCUT2D eigenvalue weighted by atomic mass is 9.82. The molecule has 0 aromatic heterocycles. The van der Waals surface area contributed by atoms with E-state index in [1.54, 1.807) is 12.1 Å². The molecule has 0 radical (unpaired) electrons. The number of nitrogens with two attached hydrogens (primary N) is 1. The van der Waals surface area contributed by atoms with Crippen LogP contribution in [0.2, 0.25) is 0 Å². The molecule has 0 fully saturated rings. The number of aliphatic hydroxyl groups excluding tert-OH is 1. The van der Waals surface area contributed by atoms with E-state index in [9.17, 15) is 9.50 Å². The van der Waals surface area contributed by atoms with Crippen molar-refractivity contribution in [3.63, 3.8) is 0 Å². The van der Waals surface area contributed by atoms with Gasteiger partial charge in [-0.25, -0.2) is 4.39 Å². The molecule has 0 aliphatic rings. The van der Waals surface area contributed by atoms with Crippen molar-refractivity contribution >= 4 is 0 Å². The van der Waals surface area contributed by atoms with Gasteiger partial charge in [-0.2, -0.15) is 0 Å². The van der Waals surface area contributed by atoms with Crippen LogP contribution in [0.25, 0.3) is 0 Å². The van der Waals surface area contributed by atoms with Gasteiger partial charge in [-0.05, 0) is 23.1 Å². The van der Waals surface area contributed by atoms with E-state index >= 15 is 0 Å². The highest BCUT2D eigenvalue weighted by Gasteiger charge is 2.28. The number of hydrogen-bond donors (Lipinski definition) is 2. The van der Waals surface area contributed by atoms with E-state index in [1.807, 2.05) is 20.8 Å². The summed E-state index contributed by atoms with van der Waals surface area (Å²) in [4.78, 5) is 0. The Morgan fingerprint density at radius 2 is 1.93 bits per heavy atom. The van der Waals surface area contributed by atoms with E-state index < -0.39 is 12.1 Å². The zero-order chi connectivity index (χ0) is 11.6. The molecule has 2 nitrogen and oxygen atoms in total. The Balaban J connectivity index is 2.90. The summed E-state index contributed by atoms with van der Waals surface area (Å²) in [5.74, 6) is -0.330. The Hall–Kier alpha value is -0.930. The van der Waals surface area contributed by atoms with Crippen LogP contribution in [0.1, 0.15) is 32.4 Å². The largest absolute Gasteiger partial charge is 0.391 e. The van der Waals surface area contributed by atoms with Gasteiger partial charge in [0.25, 0.3) is 0 Å². The van der Waals surface area contributed by atoms with Crippen LogP contribution >= 0.6 is 0 Å². The lowest BCUT2D eigenvalue weighted by molar-refractivity contribution is 0.0400. The smallest absolute Gasteiger partial charge is 0.123 e. The van der Waals surface area contributed by atoms with Crippen LogP contribution in [-0.4, -0.2) is 11.2 Å². The minimum absolute atomic E-state index is 0.314. The topological polar surface area (TPSA) is 46.2 Å². The highest BCUT2D eigenvalue weighted by atomic mass is 19.1. The Morgan fingerprint density at radius 3 is 2.40 bits per heavy atom. The molecule has 0 unspecified atom stereocenters. The second-order valence-corrected chi connectivity index (χ2v) is 4.89. The maximum Gasteiger partial charge on any atom is 0.123 e. The molecule has 1 aromatic rings. The van der Waals surface area contributed by atoms with E-state index in [1.165, 1.54) is 12.1 Å². The molecule has 3 heteroatoms. The zero-order valence-corrected chi connectivity index (χ0v) is 9.37. The molecule has 1 rings (SSSR count). The molecule has 0 saturated heterocycles. The van der Waals surface area contributed by atoms with Crippen LogP contribution in [0.3, 0.4) is 0 Å². The van der Waals surface area contributed by atoms with Crippen molar-refractivity contribution in [3.8, 4) is 0 Å². The normalized spacial score (nSPS) is 16.1. The van der Waals surface area contributed by atoms with Gasteiger partial charge >= 0.3 is 0 Å². The lowest BCUT2D eigenvalue weighted by Crippen LogP contribution is -2.36. The number of benzene rings is 1. The van der Waals surface area contributed by atoms with Gasteiger partial charge < -0.3 is 10.8 Å². The Morgan fingerprint density at radius 1 is 1.33 bits per heavy atom. The predicted octanol–water partition coefficient (Wildman–Crippen LogP) is 2.23. The van der Waals surface area contributed by atoms with Gasteiger partial charge in [0.2, 0.25) is 0 Å². The third kappa shape index (κ3) is 3.01. The minimum atomic E-state index is -0.695. The van der Waals surface area contributed by atoms with Crippen molar-refractivity contribution in [3.05, 3.63) is 35.6 Å². The fraction of sp³-hybridized carbons (Fsp3) is 0.500. The first kappa shape index (κ1) is 12.1. The van der Waals surface area contributed by atoms with Gasteiger partial charge in [-0.3, -0.25) is 0 Å². The van der Waals surface area contributed by atoms with Gasteiger partial charge in [-0.1, -0.05) is 32.9 Å². The molecule has 0 saturated carbocycles. The van der Waals surface area contributed by atoms with Crippen molar-refractivity contribution < 1.29 is 9.50 Å². The number of hydrogen-bond acceptors (Lipinski definition) is 2.